The number of aliphatic carboxylic acids is 1. The van der Waals surface area contributed by atoms with Crippen molar-refractivity contribution in [1.82, 2.24) is 0 Å². The Balaban J connectivity index is 2.00. The molecule has 0 bridgehead atoms. The molecular formula is C22H20BrNO3. The zero-order chi connectivity index (χ0) is 19.7. The average Bonchev–Trinajstić information content (AvgIpc) is 3.13. The lowest BCUT2D eigenvalue weighted by atomic mass is 9.78. The van der Waals surface area contributed by atoms with Gasteiger partial charge in [0, 0.05) is 5.92 Å². The lowest BCUT2D eigenvalue weighted by Gasteiger charge is -2.22. The standard InChI is InChI=1S/C22H20BrNO3/c1-21(2)19(11-12-23)22(21,20(25)26)18(14-24)15-7-6-10-17(13-15)27-16-8-4-3-5-9-16/h3-13,18-19H,1-2H3,(H,25,26). The van der Waals surface area contributed by atoms with Gasteiger partial charge in [-0.2, -0.15) is 5.26 Å². The van der Waals surface area contributed by atoms with E-state index >= 15 is 0 Å². The first-order valence-corrected chi connectivity index (χ1v) is 9.54. The third-order valence-electron chi connectivity index (χ3n) is 5.62. The number of nitrogens with zero attached hydrogens (tertiary/aromatic N) is 1. The second kappa shape index (κ2) is 7.21. The molecule has 3 atom stereocenters. The van der Waals surface area contributed by atoms with Crippen LogP contribution in [-0.4, -0.2) is 11.1 Å². The van der Waals surface area contributed by atoms with E-state index in [0.717, 1.165) is 0 Å². The number of carboxylic acids is 1. The second-order valence-corrected chi connectivity index (χ2v) is 7.77. The smallest absolute Gasteiger partial charge is 0.312 e. The third kappa shape index (κ3) is 3.04. The molecule has 2 aromatic carbocycles. The maximum Gasteiger partial charge on any atom is 0.312 e. The lowest BCUT2D eigenvalue weighted by molar-refractivity contribution is -0.145. The van der Waals surface area contributed by atoms with Crippen LogP contribution >= 0.6 is 15.9 Å². The summed E-state index contributed by atoms with van der Waals surface area (Å²) in [6.45, 7) is 3.79. The molecule has 2 aromatic rings. The Labute approximate surface area is 167 Å². The van der Waals surface area contributed by atoms with Gasteiger partial charge in [0.1, 0.15) is 16.9 Å². The molecular weight excluding hydrogens is 406 g/mol. The zero-order valence-electron chi connectivity index (χ0n) is 15.1. The summed E-state index contributed by atoms with van der Waals surface area (Å²) < 4.78 is 5.86. The van der Waals surface area contributed by atoms with Crippen LogP contribution in [0.25, 0.3) is 0 Å². The van der Waals surface area contributed by atoms with E-state index < -0.39 is 22.7 Å². The van der Waals surface area contributed by atoms with Crippen molar-refractivity contribution in [1.29, 1.82) is 5.26 Å². The summed E-state index contributed by atoms with van der Waals surface area (Å²) in [4.78, 5) is 14.0. The van der Waals surface area contributed by atoms with Gasteiger partial charge in [-0.3, -0.25) is 4.79 Å². The van der Waals surface area contributed by atoms with Crippen LogP contribution in [0.15, 0.2) is 65.7 Å². The maximum atomic E-state index is 12.3. The molecule has 0 amide bonds. The summed E-state index contributed by atoms with van der Waals surface area (Å²) in [7, 11) is 0. The van der Waals surface area contributed by atoms with Gasteiger partial charge in [0.2, 0.25) is 0 Å². The predicted molar refractivity (Wildman–Crippen MR) is 107 cm³/mol. The number of nitriles is 1. The molecule has 1 saturated carbocycles. The largest absolute Gasteiger partial charge is 0.481 e. The molecule has 3 rings (SSSR count). The number of benzene rings is 2. The highest BCUT2D eigenvalue weighted by molar-refractivity contribution is 9.11. The van der Waals surface area contributed by atoms with Gasteiger partial charge in [0.25, 0.3) is 0 Å². The number of rotatable bonds is 6. The Morgan fingerprint density at radius 2 is 1.89 bits per heavy atom. The molecule has 1 N–H and O–H groups in total. The number of hydrogen-bond donors (Lipinski definition) is 1. The molecule has 3 unspecified atom stereocenters. The maximum absolute atomic E-state index is 12.3. The summed E-state index contributed by atoms with van der Waals surface area (Å²) in [6, 6.07) is 18.7. The van der Waals surface area contributed by atoms with Crippen LogP contribution in [-0.2, 0) is 4.79 Å². The van der Waals surface area contributed by atoms with Gasteiger partial charge in [-0.15, -0.1) is 0 Å². The number of carboxylic acid groups (broad SMARTS) is 1. The van der Waals surface area contributed by atoms with Crippen LogP contribution in [0.5, 0.6) is 11.5 Å². The molecule has 138 valence electrons. The van der Waals surface area contributed by atoms with Gasteiger partial charge in [0.05, 0.1) is 12.0 Å². The number of ether oxygens (including phenoxy) is 1. The van der Waals surface area contributed by atoms with Gasteiger partial charge in [-0.05, 0) is 40.2 Å². The first kappa shape index (κ1) is 19.2. The Kier molecular flexibility index (Phi) is 5.12. The highest BCUT2D eigenvalue weighted by atomic mass is 79.9. The molecule has 27 heavy (non-hydrogen) atoms. The van der Waals surface area contributed by atoms with Crippen molar-refractivity contribution >= 4 is 21.9 Å². The molecule has 0 spiro atoms. The monoisotopic (exact) mass is 425 g/mol. The lowest BCUT2D eigenvalue weighted by Crippen LogP contribution is -2.28. The van der Waals surface area contributed by atoms with E-state index in [0.29, 0.717) is 17.1 Å². The quantitative estimate of drug-likeness (QED) is 0.641. The Morgan fingerprint density at radius 3 is 2.48 bits per heavy atom. The summed E-state index contributed by atoms with van der Waals surface area (Å²) >= 11 is 3.24. The van der Waals surface area contributed by atoms with Crippen molar-refractivity contribution in [2.75, 3.05) is 0 Å². The van der Waals surface area contributed by atoms with E-state index in [-0.39, 0.29) is 5.92 Å². The summed E-state index contributed by atoms with van der Waals surface area (Å²) in [5.41, 5.74) is -1.08. The zero-order valence-corrected chi connectivity index (χ0v) is 16.7. The molecule has 4 nitrogen and oxygen atoms in total. The van der Waals surface area contributed by atoms with Crippen LogP contribution in [0.3, 0.4) is 0 Å². The van der Waals surface area contributed by atoms with Crippen molar-refractivity contribution in [3.8, 4) is 17.6 Å². The van der Waals surface area contributed by atoms with Crippen LogP contribution in [0, 0.1) is 28.1 Å². The van der Waals surface area contributed by atoms with Crippen molar-refractivity contribution < 1.29 is 14.6 Å². The minimum Gasteiger partial charge on any atom is -0.481 e. The third-order valence-corrected chi connectivity index (χ3v) is 5.93. The molecule has 0 heterocycles. The van der Waals surface area contributed by atoms with Crippen LogP contribution in [0.4, 0.5) is 0 Å². The van der Waals surface area contributed by atoms with Crippen molar-refractivity contribution in [2.24, 2.45) is 16.7 Å². The minimum absolute atomic E-state index is 0.245. The van der Waals surface area contributed by atoms with Gasteiger partial charge < -0.3 is 9.84 Å². The fourth-order valence-electron chi connectivity index (χ4n) is 4.21. The topological polar surface area (TPSA) is 70.3 Å². The van der Waals surface area contributed by atoms with E-state index in [1.165, 1.54) is 0 Å². The van der Waals surface area contributed by atoms with Crippen molar-refractivity contribution in [3.05, 3.63) is 71.2 Å². The van der Waals surface area contributed by atoms with Gasteiger partial charge in [0.15, 0.2) is 0 Å². The normalized spacial score (nSPS) is 24.1. The van der Waals surface area contributed by atoms with E-state index in [1.807, 2.05) is 50.3 Å². The Morgan fingerprint density at radius 1 is 1.22 bits per heavy atom. The van der Waals surface area contributed by atoms with Gasteiger partial charge in [-0.1, -0.05) is 66.2 Å². The molecule has 0 aromatic heterocycles. The molecule has 0 radical (unpaired) electrons. The first-order valence-electron chi connectivity index (χ1n) is 8.62. The second-order valence-electron chi connectivity index (χ2n) is 7.24. The van der Waals surface area contributed by atoms with E-state index in [2.05, 4.69) is 22.0 Å². The average molecular weight is 426 g/mol. The van der Waals surface area contributed by atoms with Crippen LogP contribution in [0.2, 0.25) is 0 Å². The Bertz CT molecular complexity index is 917. The summed E-state index contributed by atoms with van der Waals surface area (Å²) in [6.07, 6.45) is 1.82. The fourth-order valence-corrected chi connectivity index (χ4v) is 4.51. The van der Waals surface area contributed by atoms with E-state index in [9.17, 15) is 15.2 Å². The number of para-hydroxylation sites is 1. The van der Waals surface area contributed by atoms with Crippen LogP contribution in [0.1, 0.15) is 25.3 Å². The van der Waals surface area contributed by atoms with E-state index in [4.69, 9.17) is 4.74 Å². The minimum atomic E-state index is -1.18. The molecule has 1 aliphatic rings. The predicted octanol–water partition coefficient (Wildman–Crippen LogP) is 5.72. The summed E-state index contributed by atoms with van der Waals surface area (Å²) in [5, 5.41) is 20.0. The van der Waals surface area contributed by atoms with Crippen molar-refractivity contribution in [2.45, 2.75) is 19.8 Å². The fraction of sp³-hybridized carbons (Fsp3) is 0.273. The number of halogens is 1. The SMILES string of the molecule is CC1(C)C(C=CBr)C1(C(=O)O)C(C#N)c1cccc(Oc2ccccc2)c1. The van der Waals surface area contributed by atoms with E-state index in [1.54, 1.807) is 29.3 Å². The van der Waals surface area contributed by atoms with Gasteiger partial charge in [-0.25, -0.2) is 0 Å². The van der Waals surface area contributed by atoms with Crippen molar-refractivity contribution in [3.63, 3.8) is 0 Å². The van der Waals surface area contributed by atoms with Crippen LogP contribution < -0.4 is 4.74 Å². The summed E-state index contributed by atoms with van der Waals surface area (Å²) in [5.74, 6) is -0.735. The first-order chi connectivity index (χ1) is 12.9. The van der Waals surface area contributed by atoms with Gasteiger partial charge >= 0.3 is 5.97 Å². The number of carbonyl (C=O) groups is 1. The number of allylic oxidation sites excluding steroid dienone is 1. The number of hydrogen-bond acceptors (Lipinski definition) is 3. The molecule has 5 heteroatoms. The molecule has 1 aliphatic carbocycles. The molecule has 0 aliphatic heterocycles. The highest BCUT2D eigenvalue weighted by Gasteiger charge is 2.78. The molecule has 0 saturated heterocycles. The molecule has 1 fully saturated rings. The Hall–Kier alpha value is -2.58. The highest BCUT2D eigenvalue weighted by Crippen LogP contribution is 2.75.